The van der Waals surface area contributed by atoms with E-state index in [9.17, 15) is 5.11 Å². The van der Waals surface area contributed by atoms with Crippen LogP contribution in [0, 0.1) is 0 Å². The molecular weight excluding hydrogens is 280 g/mol. The third kappa shape index (κ3) is 1.91. The molecule has 2 aromatic heterocycles. The quantitative estimate of drug-likeness (QED) is 0.670. The summed E-state index contributed by atoms with van der Waals surface area (Å²) in [5, 5.41) is 13.6. The van der Waals surface area contributed by atoms with Crippen LogP contribution >= 0.6 is 0 Å². The van der Waals surface area contributed by atoms with Crippen LogP contribution in [0.3, 0.4) is 0 Å². The van der Waals surface area contributed by atoms with E-state index in [1.165, 1.54) is 0 Å². The minimum atomic E-state index is -0.796. The second kappa shape index (κ2) is 4.81. The summed E-state index contributed by atoms with van der Waals surface area (Å²) < 4.78 is 0. The molecule has 0 radical (unpaired) electrons. The van der Waals surface area contributed by atoms with Crippen molar-refractivity contribution in [1.29, 1.82) is 0 Å². The molecule has 0 fully saturated rings. The van der Waals surface area contributed by atoms with Crippen molar-refractivity contribution in [2.45, 2.75) is 6.10 Å². The lowest BCUT2D eigenvalue weighted by molar-refractivity contribution is 0.211. The maximum Gasteiger partial charge on any atom is 0.176 e. The molecule has 3 aromatic rings. The number of imidazole rings is 1. The van der Waals surface area contributed by atoms with Gasteiger partial charge in [-0.25, -0.2) is 15.0 Å². The lowest BCUT2D eigenvalue weighted by Crippen LogP contribution is -2.20. The van der Waals surface area contributed by atoms with Gasteiger partial charge in [0.05, 0.1) is 11.4 Å². The first-order valence-corrected chi connectivity index (χ1v) is 6.87. The number of H-pyrrole nitrogens is 1. The Hall–Kier alpha value is -2.93. The molecule has 1 unspecified atom stereocenters. The minimum absolute atomic E-state index is 0.518. The molecule has 0 spiro atoms. The molecule has 0 amide bonds. The van der Waals surface area contributed by atoms with Crippen LogP contribution in [-0.2, 0) is 0 Å². The molecule has 0 bridgehead atoms. The van der Waals surface area contributed by atoms with Gasteiger partial charge in [-0.05, 0) is 17.7 Å². The Morgan fingerprint density at radius 2 is 2.00 bits per heavy atom. The zero-order valence-corrected chi connectivity index (χ0v) is 11.9. The topological polar surface area (TPSA) is 90.0 Å². The first kappa shape index (κ1) is 12.8. The van der Waals surface area contributed by atoms with Crippen LogP contribution < -0.4 is 10.2 Å². The fraction of sp³-hybridized carbons (Fsp3) is 0.133. The van der Waals surface area contributed by atoms with Crippen LogP contribution in [-0.4, -0.2) is 32.1 Å². The molecule has 7 heteroatoms. The van der Waals surface area contributed by atoms with Crippen LogP contribution in [0.5, 0.6) is 0 Å². The molecule has 3 heterocycles. The van der Waals surface area contributed by atoms with E-state index in [1.807, 2.05) is 30.1 Å². The summed E-state index contributed by atoms with van der Waals surface area (Å²) in [6.07, 6.45) is 5.82. The SMILES string of the molecule is CN1c2ccc(C(O)c3ncc[nH]3)cc2Nc2nccnc21. The van der Waals surface area contributed by atoms with Gasteiger partial charge in [0.15, 0.2) is 11.6 Å². The van der Waals surface area contributed by atoms with Crippen molar-refractivity contribution in [1.82, 2.24) is 19.9 Å². The number of hydrogen-bond acceptors (Lipinski definition) is 6. The highest BCUT2D eigenvalue weighted by Crippen LogP contribution is 2.41. The molecule has 0 saturated heterocycles. The van der Waals surface area contributed by atoms with Crippen LogP contribution in [0.4, 0.5) is 23.0 Å². The third-order valence-corrected chi connectivity index (χ3v) is 3.73. The summed E-state index contributed by atoms with van der Waals surface area (Å²) >= 11 is 0. The zero-order valence-electron chi connectivity index (χ0n) is 11.9. The lowest BCUT2D eigenvalue weighted by atomic mass is 10.1. The van der Waals surface area contributed by atoms with Gasteiger partial charge in [-0.15, -0.1) is 0 Å². The van der Waals surface area contributed by atoms with Gasteiger partial charge in [0, 0.05) is 31.8 Å². The Morgan fingerprint density at radius 3 is 2.82 bits per heavy atom. The highest BCUT2D eigenvalue weighted by Gasteiger charge is 2.23. The highest BCUT2D eigenvalue weighted by molar-refractivity contribution is 5.88. The average Bonchev–Trinajstić information content (AvgIpc) is 3.08. The number of fused-ring (bicyclic) bond motifs is 2. The van der Waals surface area contributed by atoms with Crippen molar-refractivity contribution in [3.63, 3.8) is 0 Å². The number of rotatable bonds is 2. The first-order valence-electron chi connectivity index (χ1n) is 6.87. The largest absolute Gasteiger partial charge is 0.380 e. The Morgan fingerprint density at radius 1 is 1.14 bits per heavy atom. The lowest BCUT2D eigenvalue weighted by Gasteiger charge is -2.29. The van der Waals surface area contributed by atoms with Crippen LogP contribution in [0.1, 0.15) is 17.5 Å². The maximum atomic E-state index is 10.4. The molecule has 22 heavy (non-hydrogen) atoms. The number of hydrogen-bond donors (Lipinski definition) is 3. The van der Waals surface area contributed by atoms with Gasteiger partial charge in [0.1, 0.15) is 11.9 Å². The van der Waals surface area contributed by atoms with Crippen molar-refractivity contribution in [2.75, 3.05) is 17.3 Å². The number of benzene rings is 1. The smallest absolute Gasteiger partial charge is 0.176 e. The van der Waals surface area contributed by atoms with E-state index in [4.69, 9.17) is 0 Å². The summed E-state index contributed by atoms with van der Waals surface area (Å²) in [6.45, 7) is 0. The van der Waals surface area contributed by atoms with Crippen LogP contribution in [0.2, 0.25) is 0 Å². The molecule has 1 aliphatic rings. The van der Waals surface area contributed by atoms with Crippen molar-refractivity contribution < 1.29 is 5.11 Å². The van der Waals surface area contributed by atoms with Gasteiger partial charge in [0.25, 0.3) is 0 Å². The van der Waals surface area contributed by atoms with Crippen molar-refractivity contribution in [3.05, 3.63) is 54.4 Å². The van der Waals surface area contributed by atoms with Gasteiger partial charge >= 0.3 is 0 Å². The molecule has 7 nitrogen and oxygen atoms in total. The monoisotopic (exact) mass is 294 g/mol. The van der Waals surface area contributed by atoms with Crippen LogP contribution in [0.25, 0.3) is 0 Å². The maximum absolute atomic E-state index is 10.4. The summed E-state index contributed by atoms with van der Waals surface area (Å²) in [5.41, 5.74) is 2.60. The summed E-state index contributed by atoms with van der Waals surface area (Å²) in [6, 6.07) is 5.73. The van der Waals surface area contributed by atoms with E-state index in [-0.39, 0.29) is 0 Å². The fourth-order valence-corrected chi connectivity index (χ4v) is 2.61. The van der Waals surface area contributed by atoms with E-state index < -0.39 is 6.10 Å². The van der Waals surface area contributed by atoms with Gasteiger partial charge in [0.2, 0.25) is 0 Å². The van der Waals surface area contributed by atoms with E-state index in [1.54, 1.807) is 24.8 Å². The minimum Gasteiger partial charge on any atom is -0.380 e. The standard InChI is InChI=1S/C15H14N6O/c1-21-11-3-2-9(12(22)13-16-4-5-17-13)8-10(11)20-14-15(21)19-7-6-18-14/h2-8,12,22H,1H3,(H,16,17)(H,18,20). The number of aliphatic hydroxyl groups is 1. The van der Waals surface area contributed by atoms with Crippen LogP contribution in [0.15, 0.2) is 43.0 Å². The molecule has 1 atom stereocenters. The number of nitrogens with zero attached hydrogens (tertiary/aromatic N) is 4. The van der Waals surface area contributed by atoms with Crippen molar-refractivity contribution in [3.8, 4) is 0 Å². The van der Waals surface area contributed by atoms with E-state index in [0.717, 1.165) is 22.8 Å². The van der Waals surface area contributed by atoms with Gasteiger partial charge in [-0.1, -0.05) is 6.07 Å². The third-order valence-electron chi connectivity index (χ3n) is 3.73. The van der Waals surface area contributed by atoms with E-state index in [2.05, 4.69) is 25.3 Å². The molecule has 4 rings (SSSR count). The first-order chi connectivity index (χ1) is 10.7. The number of aromatic nitrogens is 4. The van der Waals surface area contributed by atoms with Crippen molar-refractivity contribution >= 4 is 23.0 Å². The molecule has 0 aliphatic carbocycles. The average molecular weight is 294 g/mol. The Balaban J connectivity index is 1.74. The molecule has 0 saturated carbocycles. The molecule has 3 N–H and O–H groups in total. The van der Waals surface area contributed by atoms with Gasteiger partial charge in [-0.3, -0.25) is 0 Å². The predicted molar refractivity (Wildman–Crippen MR) is 82.5 cm³/mol. The predicted octanol–water partition coefficient (Wildman–Crippen LogP) is 2.11. The number of aromatic amines is 1. The van der Waals surface area contributed by atoms with Crippen molar-refractivity contribution in [2.24, 2.45) is 0 Å². The highest BCUT2D eigenvalue weighted by atomic mass is 16.3. The number of anilines is 4. The summed E-state index contributed by atoms with van der Waals surface area (Å²) in [4.78, 5) is 17.6. The molecule has 1 aromatic carbocycles. The Bertz CT molecular complexity index is 817. The van der Waals surface area contributed by atoms with E-state index in [0.29, 0.717) is 11.6 Å². The zero-order chi connectivity index (χ0) is 15.1. The molecule has 1 aliphatic heterocycles. The molecular formula is C15H14N6O. The van der Waals surface area contributed by atoms with Gasteiger partial charge < -0.3 is 20.3 Å². The molecule has 110 valence electrons. The Labute approximate surface area is 126 Å². The van der Waals surface area contributed by atoms with Gasteiger partial charge in [-0.2, -0.15) is 0 Å². The summed E-state index contributed by atoms with van der Waals surface area (Å²) in [5.74, 6) is 1.99. The normalized spacial score (nSPS) is 14.0. The van der Waals surface area contributed by atoms with E-state index >= 15 is 0 Å². The second-order valence-corrected chi connectivity index (χ2v) is 5.07. The summed E-state index contributed by atoms with van der Waals surface area (Å²) in [7, 11) is 1.94. The second-order valence-electron chi connectivity index (χ2n) is 5.07. The fourth-order valence-electron chi connectivity index (χ4n) is 2.61. The Kier molecular flexibility index (Phi) is 2.80. The number of aliphatic hydroxyl groups excluding tert-OH is 1. The number of nitrogens with one attached hydrogen (secondary N) is 2.